The Morgan fingerprint density at radius 1 is 1.11 bits per heavy atom. The summed E-state index contributed by atoms with van der Waals surface area (Å²) in [5.74, 6) is -2.50. The maximum Gasteiger partial charge on any atom is 0.315 e. The van der Waals surface area contributed by atoms with Gasteiger partial charge in [-0.15, -0.1) is 0 Å². The van der Waals surface area contributed by atoms with E-state index in [-0.39, 0.29) is 31.5 Å². The van der Waals surface area contributed by atoms with Crippen molar-refractivity contribution in [3.05, 3.63) is 40.9 Å². The Hall–Kier alpha value is -3.64. The van der Waals surface area contributed by atoms with Crippen molar-refractivity contribution in [1.82, 2.24) is 31.6 Å². The lowest BCUT2D eigenvalue weighted by Gasteiger charge is -2.35. The molecule has 1 aromatic carbocycles. The minimum absolute atomic E-state index is 0.00436. The van der Waals surface area contributed by atoms with Gasteiger partial charge in [-0.05, 0) is 56.7 Å². The summed E-state index contributed by atoms with van der Waals surface area (Å²) >= 11 is 6.21. The van der Waals surface area contributed by atoms with E-state index in [4.69, 9.17) is 16.4 Å². The van der Waals surface area contributed by atoms with E-state index in [1.54, 1.807) is 18.2 Å². The molecule has 3 aliphatic rings. The van der Waals surface area contributed by atoms with Crippen LogP contribution >= 0.6 is 11.6 Å². The van der Waals surface area contributed by atoms with Gasteiger partial charge in [0.25, 0.3) is 5.91 Å². The Morgan fingerprint density at radius 3 is 2.42 bits per heavy atom. The van der Waals surface area contributed by atoms with Crippen molar-refractivity contribution in [3.63, 3.8) is 0 Å². The molecule has 5 amide bonds. The fourth-order valence-electron chi connectivity index (χ4n) is 5.54. The standard InChI is InChI=1S/C32H45ClN6O6/c1-7-9-22(25(40)28(42)35-21-12-13-21)36-27(41)24-16-32(15-23(38-45-32)19-10-8-11-20(33)14-19)17-39(24)29(43)26(31(4,5)6)37-30(44)34-18(2)3/h8,10-11,14-15,18,21-22,24,26,38H,7,9,12-13,16-17H2,1-6H3,(H,35,42)(H,36,41)(H2,34,37,44)/t22-,24-,26+,32+/m0/s1. The number of carbonyl (C=O) groups is 5. The van der Waals surface area contributed by atoms with Crippen molar-refractivity contribution in [1.29, 1.82) is 0 Å². The summed E-state index contributed by atoms with van der Waals surface area (Å²) < 4.78 is 0. The van der Waals surface area contributed by atoms with Crippen molar-refractivity contribution in [2.75, 3.05) is 6.54 Å². The molecule has 4 rings (SSSR count). The van der Waals surface area contributed by atoms with Crippen LogP contribution in [0.3, 0.4) is 0 Å². The van der Waals surface area contributed by atoms with Crippen LogP contribution in [0.4, 0.5) is 4.79 Å². The third-order valence-electron chi connectivity index (χ3n) is 8.00. The first-order valence-corrected chi connectivity index (χ1v) is 16.0. The van der Waals surface area contributed by atoms with E-state index in [9.17, 15) is 24.0 Å². The average Bonchev–Trinajstić information content (AvgIpc) is 3.55. The van der Waals surface area contributed by atoms with Crippen LogP contribution in [0.2, 0.25) is 5.02 Å². The lowest BCUT2D eigenvalue weighted by molar-refractivity contribution is -0.144. The first-order valence-electron chi connectivity index (χ1n) is 15.6. The molecule has 2 fully saturated rings. The summed E-state index contributed by atoms with van der Waals surface area (Å²) in [5, 5.41) is 11.5. The molecule has 5 N–H and O–H groups in total. The number of hydrogen-bond acceptors (Lipinski definition) is 7. The summed E-state index contributed by atoms with van der Waals surface area (Å²) in [6, 6.07) is 3.39. The largest absolute Gasteiger partial charge is 0.347 e. The van der Waals surface area contributed by atoms with Gasteiger partial charge in [0.1, 0.15) is 17.7 Å². The van der Waals surface area contributed by atoms with Gasteiger partial charge in [0.15, 0.2) is 0 Å². The van der Waals surface area contributed by atoms with Gasteiger partial charge in [0.05, 0.1) is 18.3 Å². The van der Waals surface area contributed by atoms with Crippen molar-refractivity contribution >= 4 is 46.8 Å². The first-order chi connectivity index (χ1) is 21.1. The van der Waals surface area contributed by atoms with E-state index in [0.29, 0.717) is 17.1 Å². The number of halogens is 1. The van der Waals surface area contributed by atoms with Gasteiger partial charge in [0, 0.05) is 29.1 Å². The molecule has 1 saturated carbocycles. The normalized spacial score (nSPS) is 22.4. The Bertz CT molecular complexity index is 1360. The predicted molar refractivity (Wildman–Crippen MR) is 170 cm³/mol. The van der Waals surface area contributed by atoms with Crippen LogP contribution in [0, 0.1) is 5.41 Å². The van der Waals surface area contributed by atoms with Crippen LogP contribution in [0.15, 0.2) is 30.3 Å². The second kappa shape index (κ2) is 13.8. The summed E-state index contributed by atoms with van der Waals surface area (Å²) in [7, 11) is 0. The van der Waals surface area contributed by atoms with E-state index in [2.05, 4.69) is 26.7 Å². The molecule has 4 atom stereocenters. The molecule has 1 aromatic rings. The Morgan fingerprint density at radius 2 is 1.82 bits per heavy atom. The van der Waals surface area contributed by atoms with Gasteiger partial charge in [0.2, 0.25) is 17.6 Å². The molecule has 1 saturated heterocycles. The second-order valence-electron chi connectivity index (χ2n) is 13.6. The van der Waals surface area contributed by atoms with Crippen molar-refractivity contribution in [2.45, 2.75) is 109 Å². The molecule has 0 unspecified atom stereocenters. The second-order valence-corrected chi connectivity index (χ2v) is 14.0. The molecule has 1 aliphatic carbocycles. The van der Waals surface area contributed by atoms with Crippen molar-refractivity contribution < 1.29 is 28.8 Å². The third kappa shape index (κ3) is 8.55. The first kappa shape index (κ1) is 34.2. The molecule has 0 bridgehead atoms. The summed E-state index contributed by atoms with van der Waals surface area (Å²) in [6.45, 7) is 10.9. The topological polar surface area (TPSA) is 158 Å². The average molecular weight is 645 g/mol. The highest BCUT2D eigenvalue weighted by molar-refractivity contribution is 6.38. The zero-order chi connectivity index (χ0) is 33.1. The van der Waals surface area contributed by atoms with Gasteiger partial charge < -0.3 is 26.2 Å². The summed E-state index contributed by atoms with van der Waals surface area (Å²) in [6.07, 6.45) is 4.34. The van der Waals surface area contributed by atoms with Crippen LogP contribution in [-0.2, 0) is 24.0 Å². The van der Waals surface area contributed by atoms with E-state index < -0.39 is 58.7 Å². The zero-order valence-electron chi connectivity index (χ0n) is 26.8. The van der Waals surface area contributed by atoms with Gasteiger partial charge in [-0.2, -0.15) is 0 Å². The van der Waals surface area contributed by atoms with Crippen molar-refractivity contribution in [3.8, 4) is 0 Å². The van der Waals surface area contributed by atoms with Crippen LogP contribution in [-0.4, -0.2) is 76.8 Å². The fraction of sp³-hybridized carbons (Fsp3) is 0.594. The molecule has 2 heterocycles. The van der Waals surface area contributed by atoms with Crippen LogP contribution in [0.1, 0.15) is 79.2 Å². The zero-order valence-corrected chi connectivity index (χ0v) is 27.5. The number of nitrogens with one attached hydrogen (secondary N) is 5. The number of urea groups is 1. The molecule has 13 heteroatoms. The minimum Gasteiger partial charge on any atom is -0.347 e. The Balaban J connectivity index is 1.64. The maximum absolute atomic E-state index is 14.3. The maximum atomic E-state index is 14.3. The van der Waals surface area contributed by atoms with Gasteiger partial charge in [-0.1, -0.05) is 57.8 Å². The molecule has 0 radical (unpaired) electrons. The van der Waals surface area contributed by atoms with E-state index in [1.165, 1.54) is 4.90 Å². The number of Topliss-reactive ketones (excluding diaryl/α,β-unsaturated/α-hetero) is 1. The number of hydrogen-bond donors (Lipinski definition) is 5. The number of nitrogens with zero attached hydrogens (tertiary/aromatic N) is 1. The number of ketones is 1. The molecule has 12 nitrogen and oxygen atoms in total. The Labute approximate surface area is 269 Å². The number of carbonyl (C=O) groups excluding carboxylic acids is 5. The van der Waals surface area contributed by atoms with Crippen LogP contribution < -0.4 is 26.7 Å². The van der Waals surface area contributed by atoms with Crippen LogP contribution in [0.25, 0.3) is 5.70 Å². The van der Waals surface area contributed by atoms with Crippen LogP contribution in [0.5, 0.6) is 0 Å². The summed E-state index contributed by atoms with van der Waals surface area (Å²) in [5.41, 5.74) is 2.51. The van der Waals surface area contributed by atoms with E-state index in [0.717, 1.165) is 18.4 Å². The molecule has 2 aliphatic heterocycles. The third-order valence-corrected chi connectivity index (χ3v) is 8.24. The van der Waals surface area contributed by atoms with Gasteiger partial charge in [-0.3, -0.25) is 29.5 Å². The quantitative estimate of drug-likeness (QED) is 0.232. The van der Waals surface area contributed by atoms with Gasteiger partial charge >= 0.3 is 6.03 Å². The molecule has 0 aromatic heterocycles. The number of rotatable bonds is 11. The lowest BCUT2D eigenvalue weighted by Crippen LogP contribution is -2.60. The van der Waals surface area contributed by atoms with Gasteiger partial charge in [-0.25, -0.2) is 4.79 Å². The SMILES string of the molecule is CCC[C@H](NC(=O)[C@@H]1C[C@]2(C=C(c3cccc(Cl)c3)NO2)CN1C(=O)[C@@H](NC(=O)NC(C)C)C(C)(C)C)C(=O)C(=O)NC1CC1. The number of likely N-dealkylation sites (tertiary alicyclic amines) is 1. The molecule has 45 heavy (non-hydrogen) atoms. The molecular weight excluding hydrogens is 600 g/mol. The predicted octanol–water partition coefficient (Wildman–Crippen LogP) is 2.81. The van der Waals surface area contributed by atoms with E-state index in [1.807, 2.05) is 53.7 Å². The highest BCUT2D eigenvalue weighted by Crippen LogP contribution is 2.39. The number of hydroxylamine groups is 1. The molecule has 1 spiro atoms. The lowest BCUT2D eigenvalue weighted by atomic mass is 9.85. The molecular formula is C32H45ClN6O6. The fourth-order valence-corrected chi connectivity index (χ4v) is 5.73. The van der Waals surface area contributed by atoms with Crippen molar-refractivity contribution in [2.24, 2.45) is 5.41 Å². The minimum atomic E-state index is -1.09. The highest BCUT2D eigenvalue weighted by atomic mass is 35.5. The highest BCUT2D eigenvalue weighted by Gasteiger charge is 2.54. The smallest absolute Gasteiger partial charge is 0.315 e. The molecule has 246 valence electrons. The number of benzene rings is 1. The summed E-state index contributed by atoms with van der Waals surface area (Å²) in [4.78, 5) is 74.2. The number of amides is 5. The monoisotopic (exact) mass is 644 g/mol. The Kier molecular flexibility index (Phi) is 10.5. The van der Waals surface area contributed by atoms with E-state index >= 15 is 0 Å².